The maximum atomic E-state index is 13.7. The van der Waals surface area contributed by atoms with Gasteiger partial charge < -0.3 is 4.90 Å². The van der Waals surface area contributed by atoms with Gasteiger partial charge in [0.05, 0.1) is 4.91 Å². The summed E-state index contributed by atoms with van der Waals surface area (Å²) in [5.74, 6) is 0.664. The summed E-state index contributed by atoms with van der Waals surface area (Å²) in [7, 11) is 0. The molecule has 2 aliphatic rings. The topological polar surface area (TPSA) is 72.6 Å². The first-order valence-electron chi connectivity index (χ1n) is 14.9. The van der Waals surface area contributed by atoms with Crippen LogP contribution in [-0.4, -0.2) is 57.3 Å². The summed E-state index contributed by atoms with van der Waals surface area (Å²) in [4.78, 5) is 34.2. The zero-order chi connectivity index (χ0) is 30.3. The molecule has 0 unspecified atom stereocenters. The van der Waals surface area contributed by atoms with Crippen LogP contribution in [0.3, 0.4) is 0 Å². The van der Waals surface area contributed by atoms with Gasteiger partial charge in [-0.25, -0.2) is 0 Å². The van der Waals surface area contributed by atoms with E-state index < -0.39 is 0 Å². The van der Waals surface area contributed by atoms with Gasteiger partial charge in [0.25, 0.3) is 11.5 Å². The Morgan fingerprint density at radius 3 is 2.23 bits per heavy atom. The molecule has 222 valence electrons. The molecular formula is C34H37N5O2S2. The molecule has 43 heavy (non-hydrogen) atoms. The van der Waals surface area contributed by atoms with Gasteiger partial charge in [0.1, 0.15) is 21.8 Å². The lowest BCUT2D eigenvalue weighted by atomic mass is 10.0. The molecule has 0 N–H and O–H groups in total. The van der Waals surface area contributed by atoms with Crippen molar-refractivity contribution in [3.8, 4) is 6.07 Å². The highest BCUT2D eigenvalue weighted by molar-refractivity contribution is 8.26. The Morgan fingerprint density at radius 2 is 1.60 bits per heavy atom. The van der Waals surface area contributed by atoms with Crippen LogP contribution in [0.5, 0.6) is 0 Å². The number of nitrogens with zero attached hydrogens (tertiary/aromatic N) is 5. The molecule has 3 heterocycles. The number of piperazine rings is 1. The zero-order valence-corrected chi connectivity index (χ0v) is 26.4. The van der Waals surface area contributed by atoms with Crippen LogP contribution in [0.15, 0.2) is 70.4 Å². The van der Waals surface area contributed by atoms with E-state index >= 15 is 0 Å². The first-order valence-corrected chi connectivity index (χ1v) is 16.1. The highest BCUT2D eigenvalue weighted by atomic mass is 32.2. The van der Waals surface area contributed by atoms with Crippen LogP contribution in [-0.2, 0) is 24.3 Å². The fourth-order valence-corrected chi connectivity index (χ4v) is 6.97. The summed E-state index contributed by atoms with van der Waals surface area (Å²) >= 11 is 6.93. The molecule has 0 bridgehead atoms. The number of unbranched alkanes of at least 4 members (excludes halogenated alkanes) is 1. The third kappa shape index (κ3) is 6.93. The summed E-state index contributed by atoms with van der Waals surface area (Å²) in [5.41, 5.74) is 3.66. The largest absolute Gasteiger partial charge is 0.355 e. The van der Waals surface area contributed by atoms with Crippen molar-refractivity contribution in [1.82, 2.24) is 14.4 Å². The van der Waals surface area contributed by atoms with Gasteiger partial charge in [-0.15, -0.1) is 0 Å². The molecule has 1 aromatic heterocycles. The predicted octanol–water partition coefficient (Wildman–Crippen LogP) is 5.59. The molecule has 0 radical (unpaired) electrons. The van der Waals surface area contributed by atoms with Crippen LogP contribution in [0, 0.1) is 18.3 Å². The molecule has 3 aromatic rings. The van der Waals surface area contributed by atoms with Crippen molar-refractivity contribution in [2.45, 2.75) is 46.2 Å². The second-order valence-electron chi connectivity index (χ2n) is 11.0. The normalized spacial score (nSPS) is 16.7. The summed E-state index contributed by atoms with van der Waals surface area (Å²) in [6, 6.07) is 22.7. The molecule has 5 rings (SSSR count). The van der Waals surface area contributed by atoms with Crippen molar-refractivity contribution < 1.29 is 4.79 Å². The molecule has 7 nitrogen and oxygen atoms in total. The van der Waals surface area contributed by atoms with E-state index in [4.69, 9.17) is 12.2 Å². The Hall–Kier alpha value is -3.71. The monoisotopic (exact) mass is 611 g/mol. The zero-order valence-electron chi connectivity index (χ0n) is 24.8. The number of hydrogen-bond donors (Lipinski definition) is 0. The Kier molecular flexibility index (Phi) is 10.1. The number of carbonyl (C=O) groups is 1. The molecule has 2 aromatic carbocycles. The van der Waals surface area contributed by atoms with Gasteiger partial charge in [-0.05, 0) is 42.5 Å². The minimum Gasteiger partial charge on any atom is -0.355 e. The molecular weight excluding hydrogens is 575 g/mol. The van der Waals surface area contributed by atoms with Crippen molar-refractivity contribution in [2.24, 2.45) is 0 Å². The van der Waals surface area contributed by atoms with Gasteiger partial charge in [0.15, 0.2) is 0 Å². The van der Waals surface area contributed by atoms with E-state index in [1.807, 2.05) is 49.4 Å². The number of aromatic nitrogens is 1. The Bertz CT molecular complexity index is 1600. The smallest absolute Gasteiger partial charge is 0.270 e. The number of carbonyl (C=O) groups excluding carboxylic acids is 1. The van der Waals surface area contributed by atoms with Crippen LogP contribution < -0.4 is 10.5 Å². The number of benzene rings is 2. The van der Waals surface area contributed by atoms with Crippen LogP contribution in [0.25, 0.3) is 6.08 Å². The maximum Gasteiger partial charge on any atom is 0.270 e. The van der Waals surface area contributed by atoms with Gasteiger partial charge >= 0.3 is 0 Å². The SMILES string of the molecule is CCCCn1c(N2CCN(Cc3ccccc3)CC2)c(/C=C2/SC(=S)N(CCc3ccccc3)C2=O)c(C)c(C#N)c1=O. The van der Waals surface area contributed by atoms with Gasteiger partial charge in [-0.1, -0.05) is 98.0 Å². The minimum atomic E-state index is -0.261. The highest BCUT2D eigenvalue weighted by Gasteiger charge is 2.33. The molecule has 2 aliphatic heterocycles. The van der Waals surface area contributed by atoms with E-state index in [1.54, 1.807) is 9.47 Å². The van der Waals surface area contributed by atoms with E-state index in [1.165, 1.54) is 17.3 Å². The molecule has 2 fully saturated rings. The predicted molar refractivity (Wildman–Crippen MR) is 179 cm³/mol. The van der Waals surface area contributed by atoms with Crippen LogP contribution in [0.4, 0.5) is 5.82 Å². The van der Waals surface area contributed by atoms with Crippen LogP contribution >= 0.6 is 24.0 Å². The van der Waals surface area contributed by atoms with Crippen molar-refractivity contribution >= 4 is 46.1 Å². The summed E-state index contributed by atoms with van der Waals surface area (Å²) < 4.78 is 2.30. The van der Waals surface area contributed by atoms with E-state index in [0.717, 1.165) is 62.5 Å². The summed E-state index contributed by atoms with van der Waals surface area (Å²) in [6.45, 7) is 8.97. The number of amides is 1. The van der Waals surface area contributed by atoms with E-state index in [0.29, 0.717) is 34.3 Å². The lowest BCUT2D eigenvalue weighted by Crippen LogP contribution is -2.48. The number of pyridine rings is 1. The summed E-state index contributed by atoms with van der Waals surface area (Å²) in [6.07, 6.45) is 4.31. The number of thiocarbonyl (C=S) groups is 1. The van der Waals surface area contributed by atoms with Gasteiger partial charge in [-0.2, -0.15) is 5.26 Å². The average Bonchev–Trinajstić information content (AvgIpc) is 3.29. The number of thioether (sulfide) groups is 1. The molecule has 2 saturated heterocycles. The number of hydrogen-bond acceptors (Lipinski definition) is 7. The molecule has 0 aliphatic carbocycles. The average molecular weight is 612 g/mol. The first-order chi connectivity index (χ1) is 20.9. The minimum absolute atomic E-state index is 0.131. The fraction of sp³-hybridized carbons (Fsp3) is 0.353. The Morgan fingerprint density at radius 1 is 0.953 bits per heavy atom. The Balaban J connectivity index is 1.47. The molecule has 9 heteroatoms. The lowest BCUT2D eigenvalue weighted by Gasteiger charge is -2.38. The molecule has 0 atom stereocenters. The van der Waals surface area contributed by atoms with Gasteiger partial charge in [0.2, 0.25) is 0 Å². The Labute approximate surface area is 263 Å². The lowest BCUT2D eigenvalue weighted by molar-refractivity contribution is -0.122. The van der Waals surface area contributed by atoms with Crippen LogP contribution in [0.1, 0.15) is 47.6 Å². The quantitative estimate of drug-likeness (QED) is 0.219. The third-order valence-corrected chi connectivity index (χ3v) is 9.50. The van der Waals surface area contributed by atoms with Crippen molar-refractivity contribution in [1.29, 1.82) is 5.26 Å². The fourth-order valence-electron chi connectivity index (χ4n) is 5.68. The van der Waals surface area contributed by atoms with Crippen molar-refractivity contribution in [3.63, 3.8) is 0 Å². The highest BCUT2D eigenvalue weighted by Crippen LogP contribution is 2.36. The second kappa shape index (κ2) is 14.2. The standard InChI is InChI=1S/C34H37N5O2S2/c1-3-4-16-38-31(37-20-18-36(19-21-37)24-27-13-9-6-10-14-27)28(25(2)29(23-35)32(38)40)22-30-33(41)39(34(42)43-30)17-15-26-11-7-5-8-12-26/h5-14,22H,3-4,15-21,24H2,1-2H3/b30-22+. The third-order valence-electron chi connectivity index (χ3n) is 8.12. The van der Waals surface area contributed by atoms with E-state index in [9.17, 15) is 14.9 Å². The second-order valence-corrected chi connectivity index (χ2v) is 12.7. The maximum absolute atomic E-state index is 13.7. The molecule has 0 spiro atoms. The van der Waals surface area contributed by atoms with E-state index in [-0.39, 0.29) is 17.0 Å². The number of nitriles is 1. The van der Waals surface area contributed by atoms with E-state index in [2.05, 4.69) is 47.1 Å². The van der Waals surface area contributed by atoms with Gasteiger partial charge in [-0.3, -0.25) is 24.0 Å². The number of anilines is 1. The molecule has 0 saturated carbocycles. The van der Waals surface area contributed by atoms with Crippen LogP contribution in [0.2, 0.25) is 0 Å². The van der Waals surface area contributed by atoms with Crippen molar-refractivity contribution in [3.05, 3.63) is 104 Å². The molecule has 1 amide bonds. The number of rotatable bonds is 10. The van der Waals surface area contributed by atoms with Gasteiger partial charge in [0, 0.05) is 51.4 Å². The van der Waals surface area contributed by atoms with Crippen molar-refractivity contribution in [2.75, 3.05) is 37.6 Å². The first kappa shape index (κ1) is 30.7. The summed E-state index contributed by atoms with van der Waals surface area (Å²) in [5, 5.41) is 10.0.